The SMILES string of the molecule is CCC(N(NC(=O)c1cccc2ccccc12)C(N)=O)(C(F)(F)F)C(F)(F)F. The van der Waals surface area contributed by atoms with Crippen LogP contribution in [0.3, 0.4) is 0 Å². The van der Waals surface area contributed by atoms with Gasteiger partial charge < -0.3 is 5.73 Å². The van der Waals surface area contributed by atoms with Crippen LogP contribution < -0.4 is 11.2 Å². The molecular weight excluding hydrogens is 392 g/mol. The molecule has 3 N–H and O–H groups in total. The molecule has 152 valence electrons. The van der Waals surface area contributed by atoms with E-state index in [-0.39, 0.29) is 10.9 Å². The zero-order chi connectivity index (χ0) is 21.3. The Bertz CT molecular complexity index is 875. The number of hydrogen-bond acceptors (Lipinski definition) is 2. The van der Waals surface area contributed by atoms with Crippen LogP contribution in [0.5, 0.6) is 0 Å². The van der Waals surface area contributed by atoms with Gasteiger partial charge in [-0.3, -0.25) is 10.2 Å². The van der Waals surface area contributed by atoms with E-state index in [0.717, 1.165) is 0 Å². The number of nitrogens with one attached hydrogen (secondary N) is 1. The first-order chi connectivity index (χ1) is 12.9. The summed E-state index contributed by atoms with van der Waals surface area (Å²) in [7, 11) is 0. The van der Waals surface area contributed by atoms with Gasteiger partial charge in [0.1, 0.15) is 0 Å². The molecule has 3 amide bonds. The average molecular weight is 407 g/mol. The summed E-state index contributed by atoms with van der Waals surface area (Å²) in [5.74, 6) is -1.35. The van der Waals surface area contributed by atoms with Gasteiger partial charge in [0.05, 0.1) is 0 Å². The second-order valence-corrected chi connectivity index (χ2v) is 5.85. The molecule has 0 radical (unpaired) electrons. The lowest BCUT2D eigenvalue weighted by Crippen LogP contribution is -2.73. The smallest absolute Gasteiger partial charge is 0.350 e. The molecule has 2 aromatic carbocycles. The minimum Gasteiger partial charge on any atom is -0.350 e. The fourth-order valence-electron chi connectivity index (χ4n) is 2.90. The van der Waals surface area contributed by atoms with Crippen LogP contribution in [-0.2, 0) is 0 Å². The lowest BCUT2D eigenvalue weighted by Gasteiger charge is -2.43. The van der Waals surface area contributed by atoms with E-state index in [4.69, 9.17) is 5.73 Å². The summed E-state index contributed by atoms with van der Waals surface area (Å²) < 4.78 is 80.8. The van der Waals surface area contributed by atoms with Crippen LogP contribution in [0.4, 0.5) is 31.1 Å². The monoisotopic (exact) mass is 407 g/mol. The van der Waals surface area contributed by atoms with Crippen molar-refractivity contribution in [2.24, 2.45) is 5.73 Å². The Labute approximate surface area is 155 Å². The first kappa shape index (κ1) is 21.3. The molecule has 0 atom stereocenters. The Hall–Kier alpha value is -2.98. The number of carbonyl (C=O) groups excluding carboxylic acids is 2. The van der Waals surface area contributed by atoms with Crippen LogP contribution >= 0.6 is 0 Å². The highest BCUT2D eigenvalue weighted by molar-refractivity contribution is 6.07. The molecule has 0 saturated carbocycles. The lowest BCUT2D eigenvalue weighted by atomic mass is 9.93. The molecule has 0 bridgehead atoms. The van der Waals surface area contributed by atoms with E-state index in [1.165, 1.54) is 29.7 Å². The number of urea groups is 1. The molecule has 2 rings (SSSR count). The van der Waals surface area contributed by atoms with Crippen molar-refractivity contribution in [1.82, 2.24) is 10.4 Å². The number of hydrogen-bond donors (Lipinski definition) is 2. The van der Waals surface area contributed by atoms with Gasteiger partial charge in [0, 0.05) is 5.56 Å². The van der Waals surface area contributed by atoms with E-state index in [2.05, 4.69) is 0 Å². The highest BCUT2D eigenvalue weighted by atomic mass is 19.4. The number of alkyl halides is 6. The molecular formula is C17H15F6N3O2. The number of primary amides is 1. The number of rotatable bonds is 3. The minimum atomic E-state index is -5.96. The number of amides is 3. The normalized spacial score (nSPS) is 12.7. The van der Waals surface area contributed by atoms with Crippen LogP contribution in [-0.4, -0.2) is 34.8 Å². The molecule has 0 aliphatic rings. The van der Waals surface area contributed by atoms with E-state index in [1.807, 2.05) is 0 Å². The van der Waals surface area contributed by atoms with E-state index < -0.39 is 41.3 Å². The van der Waals surface area contributed by atoms with Crippen LogP contribution in [0.1, 0.15) is 23.7 Å². The molecule has 0 fully saturated rings. The van der Waals surface area contributed by atoms with Crippen molar-refractivity contribution in [2.45, 2.75) is 31.2 Å². The Morgan fingerprint density at radius 1 is 0.964 bits per heavy atom. The van der Waals surface area contributed by atoms with Gasteiger partial charge in [-0.05, 0) is 23.3 Å². The van der Waals surface area contributed by atoms with Crippen LogP contribution in [0.25, 0.3) is 10.8 Å². The third-order valence-corrected chi connectivity index (χ3v) is 4.30. The van der Waals surface area contributed by atoms with Gasteiger partial charge >= 0.3 is 18.4 Å². The topological polar surface area (TPSA) is 75.4 Å². The average Bonchev–Trinajstić information content (AvgIpc) is 2.58. The van der Waals surface area contributed by atoms with Gasteiger partial charge in [0.2, 0.25) is 0 Å². The molecule has 0 spiro atoms. The minimum absolute atomic E-state index is 0.223. The second kappa shape index (κ2) is 7.21. The molecule has 0 aliphatic carbocycles. The number of nitrogens with zero attached hydrogens (tertiary/aromatic N) is 1. The van der Waals surface area contributed by atoms with Gasteiger partial charge in [-0.15, -0.1) is 0 Å². The van der Waals surface area contributed by atoms with Crippen LogP contribution in [0, 0.1) is 0 Å². The zero-order valence-electron chi connectivity index (χ0n) is 14.4. The molecule has 0 heterocycles. The Balaban J connectivity index is 2.57. The summed E-state index contributed by atoms with van der Waals surface area (Å²) in [6.45, 7) is 0.584. The van der Waals surface area contributed by atoms with Crippen LogP contribution in [0.2, 0.25) is 0 Å². The van der Waals surface area contributed by atoms with Crippen molar-refractivity contribution in [1.29, 1.82) is 0 Å². The summed E-state index contributed by atoms with van der Waals surface area (Å²) in [4.78, 5) is 24.1. The first-order valence-electron chi connectivity index (χ1n) is 7.88. The van der Waals surface area contributed by atoms with Crippen molar-refractivity contribution in [3.63, 3.8) is 0 Å². The zero-order valence-corrected chi connectivity index (χ0v) is 14.4. The molecule has 0 aliphatic heterocycles. The van der Waals surface area contributed by atoms with Crippen molar-refractivity contribution in [2.75, 3.05) is 0 Å². The Kier molecular flexibility index (Phi) is 5.49. The van der Waals surface area contributed by atoms with Gasteiger partial charge in [-0.25, -0.2) is 9.80 Å². The van der Waals surface area contributed by atoms with Crippen molar-refractivity contribution in [3.05, 3.63) is 48.0 Å². The maximum atomic E-state index is 13.5. The summed E-state index contributed by atoms with van der Waals surface area (Å²) in [6.07, 6.45) is -13.5. The largest absolute Gasteiger partial charge is 0.422 e. The Morgan fingerprint density at radius 3 is 2.00 bits per heavy atom. The molecule has 0 saturated heterocycles. The molecule has 11 heteroatoms. The van der Waals surface area contributed by atoms with Gasteiger partial charge in [0.15, 0.2) is 0 Å². The van der Waals surface area contributed by atoms with E-state index in [1.54, 1.807) is 18.2 Å². The van der Waals surface area contributed by atoms with Gasteiger partial charge in [-0.1, -0.05) is 43.3 Å². The summed E-state index contributed by atoms with van der Waals surface area (Å²) in [6, 6.07) is 8.31. The van der Waals surface area contributed by atoms with Crippen LogP contribution in [0.15, 0.2) is 42.5 Å². The number of nitrogens with two attached hydrogens (primary N) is 1. The maximum absolute atomic E-state index is 13.5. The molecule has 2 aromatic rings. The third-order valence-electron chi connectivity index (χ3n) is 4.30. The number of halogens is 6. The summed E-state index contributed by atoms with van der Waals surface area (Å²) in [5, 5.41) is -0.0980. The van der Waals surface area contributed by atoms with Crippen molar-refractivity contribution >= 4 is 22.7 Å². The third kappa shape index (κ3) is 3.43. The van der Waals surface area contributed by atoms with Gasteiger partial charge in [-0.2, -0.15) is 26.3 Å². The highest BCUT2D eigenvalue weighted by Crippen LogP contribution is 2.48. The number of carbonyl (C=O) groups is 2. The fraction of sp³-hybridized carbons (Fsp3) is 0.294. The first-order valence-corrected chi connectivity index (χ1v) is 7.88. The quantitative estimate of drug-likeness (QED) is 0.593. The maximum Gasteiger partial charge on any atom is 0.422 e. The van der Waals surface area contributed by atoms with E-state index in [9.17, 15) is 35.9 Å². The van der Waals surface area contributed by atoms with E-state index >= 15 is 0 Å². The predicted molar refractivity (Wildman–Crippen MR) is 88.0 cm³/mol. The fourth-order valence-corrected chi connectivity index (χ4v) is 2.90. The highest BCUT2D eigenvalue weighted by Gasteiger charge is 2.74. The predicted octanol–water partition coefficient (Wildman–Crippen LogP) is 4.14. The van der Waals surface area contributed by atoms with Crippen molar-refractivity contribution < 1.29 is 35.9 Å². The van der Waals surface area contributed by atoms with Crippen molar-refractivity contribution in [3.8, 4) is 0 Å². The standard InChI is InChI=1S/C17H15F6N3O2/c1-2-15(16(18,19)20,17(21,22)23)26(14(24)28)25-13(27)12-9-5-7-10-6-3-4-8-11(10)12/h3-9H,2H2,1H3,(H2,24,28)(H,25,27). The molecule has 0 aromatic heterocycles. The molecule has 0 unspecified atom stereocenters. The summed E-state index contributed by atoms with van der Waals surface area (Å²) >= 11 is 0. The number of hydrazine groups is 1. The Morgan fingerprint density at radius 2 is 1.50 bits per heavy atom. The molecule has 28 heavy (non-hydrogen) atoms. The number of fused-ring (bicyclic) bond motifs is 1. The van der Waals surface area contributed by atoms with E-state index in [0.29, 0.717) is 12.3 Å². The summed E-state index contributed by atoms with van der Waals surface area (Å²) in [5.41, 5.74) is 1.30. The number of benzene rings is 2. The molecule has 5 nitrogen and oxygen atoms in total. The lowest BCUT2D eigenvalue weighted by molar-refractivity contribution is -0.337. The van der Waals surface area contributed by atoms with Gasteiger partial charge in [0.25, 0.3) is 11.4 Å². The second-order valence-electron chi connectivity index (χ2n) is 5.85.